The summed E-state index contributed by atoms with van der Waals surface area (Å²) in [5.41, 5.74) is 1.06. The molecule has 2 amide bonds. The average Bonchev–Trinajstić information content (AvgIpc) is 2.47. The maximum atomic E-state index is 11.7. The largest absolute Gasteiger partial charge is 0.394 e. The molecule has 118 valence electrons. The maximum absolute atomic E-state index is 11.7. The Balaban J connectivity index is 2.32. The predicted molar refractivity (Wildman–Crippen MR) is 85.7 cm³/mol. The lowest BCUT2D eigenvalue weighted by Crippen LogP contribution is -2.45. The fourth-order valence-electron chi connectivity index (χ4n) is 1.85. The molecule has 0 aromatic heterocycles. The van der Waals surface area contributed by atoms with Crippen LogP contribution in [0.15, 0.2) is 30.3 Å². The van der Waals surface area contributed by atoms with Crippen LogP contribution in [0.2, 0.25) is 0 Å². The number of amides is 2. The summed E-state index contributed by atoms with van der Waals surface area (Å²) in [6.45, 7) is 2.25. The summed E-state index contributed by atoms with van der Waals surface area (Å²) in [4.78, 5) is 11.7. The molecule has 0 saturated carbocycles. The third-order valence-electron chi connectivity index (χ3n) is 3.28. The van der Waals surface area contributed by atoms with Gasteiger partial charge in [0.05, 0.1) is 12.6 Å². The monoisotopic (exact) mass is 312 g/mol. The molecule has 3 N–H and O–H groups in total. The lowest BCUT2D eigenvalue weighted by molar-refractivity contribution is 0.216. The number of benzene rings is 1. The van der Waals surface area contributed by atoms with Crippen molar-refractivity contribution in [3.8, 4) is 0 Å². The smallest absolute Gasteiger partial charge is 0.315 e. The van der Waals surface area contributed by atoms with E-state index in [9.17, 15) is 14.1 Å². The highest BCUT2D eigenvalue weighted by Crippen LogP contribution is 2.03. The van der Waals surface area contributed by atoms with Crippen LogP contribution in [0.1, 0.15) is 18.9 Å². The molecule has 0 radical (unpaired) electrons. The molecule has 0 aliphatic rings. The van der Waals surface area contributed by atoms with Crippen LogP contribution in [0.5, 0.6) is 0 Å². The van der Waals surface area contributed by atoms with Gasteiger partial charge in [0.15, 0.2) is 0 Å². The minimum atomic E-state index is -0.876. The Hall–Kier alpha value is -1.40. The summed E-state index contributed by atoms with van der Waals surface area (Å²) in [5, 5.41) is 14.9. The van der Waals surface area contributed by atoms with Gasteiger partial charge in [0.2, 0.25) is 0 Å². The molecule has 0 spiro atoms. The molecule has 5 nitrogen and oxygen atoms in total. The average molecular weight is 312 g/mol. The summed E-state index contributed by atoms with van der Waals surface area (Å²) in [6.07, 6.45) is 2.91. The molecule has 0 heterocycles. The molecule has 0 aliphatic heterocycles. The van der Waals surface area contributed by atoms with Gasteiger partial charge in [-0.1, -0.05) is 37.3 Å². The molecule has 0 bridgehead atoms. The number of aliphatic hydroxyl groups excluding tert-OH is 1. The minimum Gasteiger partial charge on any atom is -0.394 e. The van der Waals surface area contributed by atoms with Crippen LogP contribution in [-0.4, -0.2) is 46.0 Å². The molecule has 1 rings (SSSR count). The highest BCUT2D eigenvalue weighted by molar-refractivity contribution is 7.84. The summed E-state index contributed by atoms with van der Waals surface area (Å²) in [5.74, 6) is 0. The number of rotatable bonds is 8. The van der Waals surface area contributed by atoms with E-state index in [2.05, 4.69) is 10.6 Å². The SMILES string of the molecule is CC(CCNC(=O)NC(CO)Cc1ccccc1)S(C)=O. The summed E-state index contributed by atoms with van der Waals surface area (Å²) < 4.78 is 11.2. The zero-order valence-corrected chi connectivity index (χ0v) is 13.4. The number of hydrogen-bond acceptors (Lipinski definition) is 3. The van der Waals surface area contributed by atoms with E-state index < -0.39 is 10.8 Å². The fourth-order valence-corrected chi connectivity index (χ4v) is 2.30. The first-order chi connectivity index (χ1) is 10.0. The molecule has 1 aromatic carbocycles. The molecule has 0 saturated heterocycles. The second-order valence-corrected chi connectivity index (χ2v) is 6.87. The van der Waals surface area contributed by atoms with Gasteiger partial charge in [0.1, 0.15) is 0 Å². The maximum Gasteiger partial charge on any atom is 0.315 e. The molecule has 0 aliphatic carbocycles. The van der Waals surface area contributed by atoms with Crippen LogP contribution in [0.25, 0.3) is 0 Å². The van der Waals surface area contributed by atoms with Crippen molar-refractivity contribution in [1.29, 1.82) is 0 Å². The number of aliphatic hydroxyl groups is 1. The van der Waals surface area contributed by atoms with Crippen molar-refractivity contribution in [1.82, 2.24) is 10.6 Å². The molecule has 1 aromatic rings. The molecular weight excluding hydrogens is 288 g/mol. The van der Waals surface area contributed by atoms with Crippen LogP contribution < -0.4 is 10.6 Å². The van der Waals surface area contributed by atoms with Gasteiger partial charge in [-0.05, 0) is 18.4 Å². The summed E-state index contributed by atoms with van der Waals surface area (Å²) in [7, 11) is -0.876. The predicted octanol–water partition coefficient (Wildman–Crippen LogP) is 1.05. The molecule has 0 fully saturated rings. The van der Waals surface area contributed by atoms with Crippen LogP contribution in [0.4, 0.5) is 4.79 Å². The lowest BCUT2D eigenvalue weighted by Gasteiger charge is -2.17. The first-order valence-electron chi connectivity index (χ1n) is 7.04. The van der Waals surface area contributed by atoms with E-state index in [1.54, 1.807) is 6.26 Å². The van der Waals surface area contributed by atoms with Crippen molar-refractivity contribution >= 4 is 16.8 Å². The van der Waals surface area contributed by atoms with Crippen molar-refractivity contribution in [3.05, 3.63) is 35.9 Å². The van der Waals surface area contributed by atoms with E-state index in [4.69, 9.17) is 0 Å². The van der Waals surface area contributed by atoms with Gasteiger partial charge >= 0.3 is 6.03 Å². The van der Waals surface area contributed by atoms with Gasteiger partial charge in [0.25, 0.3) is 0 Å². The Morgan fingerprint density at radius 1 is 1.33 bits per heavy atom. The first kappa shape index (κ1) is 17.7. The summed E-state index contributed by atoms with van der Waals surface area (Å²) >= 11 is 0. The normalized spacial score (nSPS) is 15.0. The Labute approximate surface area is 128 Å². The number of carbonyl (C=O) groups excluding carboxylic acids is 1. The molecule has 6 heteroatoms. The van der Waals surface area contributed by atoms with E-state index in [0.717, 1.165) is 5.56 Å². The first-order valence-corrected chi connectivity index (χ1v) is 8.66. The fraction of sp³-hybridized carbons (Fsp3) is 0.533. The second kappa shape index (κ2) is 9.52. The highest BCUT2D eigenvalue weighted by Gasteiger charge is 2.12. The van der Waals surface area contributed by atoms with Crippen molar-refractivity contribution in [2.45, 2.75) is 31.1 Å². The Morgan fingerprint density at radius 3 is 2.57 bits per heavy atom. The summed E-state index contributed by atoms with van der Waals surface area (Å²) in [6, 6.07) is 9.08. The van der Waals surface area contributed by atoms with Gasteiger partial charge in [-0.15, -0.1) is 0 Å². The van der Waals surface area contributed by atoms with Gasteiger partial charge in [-0.3, -0.25) is 4.21 Å². The number of carbonyl (C=O) groups is 1. The number of nitrogens with one attached hydrogen (secondary N) is 2. The van der Waals surface area contributed by atoms with Crippen molar-refractivity contribution < 1.29 is 14.1 Å². The Bertz CT molecular complexity index is 453. The molecular formula is C15H24N2O3S. The Morgan fingerprint density at radius 2 is 2.00 bits per heavy atom. The highest BCUT2D eigenvalue weighted by atomic mass is 32.2. The quantitative estimate of drug-likeness (QED) is 0.671. The topological polar surface area (TPSA) is 78.4 Å². The van der Waals surface area contributed by atoms with E-state index in [1.807, 2.05) is 37.3 Å². The van der Waals surface area contributed by atoms with Crippen molar-refractivity contribution in [3.63, 3.8) is 0 Å². The standard InChI is InChI=1S/C15H24N2O3S/c1-12(21(2)20)8-9-16-15(19)17-14(11-18)10-13-6-4-3-5-7-13/h3-7,12,14,18H,8-11H2,1-2H3,(H2,16,17,19). The zero-order chi connectivity index (χ0) is 15.7. The molecule has 3 unspecified atom stereocenters. The van der Waals surface area contributed by atoms with E-state index in [-0.39, 0.29) is 23.9 Å². The van der Waals surface area contributed by atoms with Crippen LogP contribution in [0, 0.1) is 0 Å². The number of hydrogen-bond donors (Lipinski definition) is 3. The van der Waals surface area contributed by atoms with Gasteiger partial charge in [-0.25, -0.2) is 4.79 Å². The van der Waals surface area contributed by atoms with Gasteiger partial charge < -0.3 is 15.7 Å². The van der Waals surface area contributed by atoms with E-state index in [1.165, 1.54) is 0 Å². The molecule has 21 heavy (non-hydrogen) atoms. The van der Waals surface area contributed by atoms with E-state index >= 15 is 0 Å². The molecule has 3 atom stereocenters. The minimum absolute atomic E-state index is 0.0586. The third kappa shape index (κ3) is 7.24. The van der Waals surface area contributed by atoms with E-state index in [0.29, 0.717) is 19.4 Å². The lowest BCUT2D eigenvalue weighted by atomic mass is 10.1. The second-order valence-electron chi connectivity index (χ2n) is 5.07. The van der Waals surface area contributed by atoms with Crippen LogP contribution >= 0.6 is 0 Å². The van der Waals surface area contributed by atoms with Gasteiger partial charge in [0, 0.05) is 28.9 Å². The van der Waals surface area contributed by atoms with Crippen molar-refractivity contribution in [2.75, 3.05) is 19.4 Å². The van der Waals surface area contributed by atoms with Crippen LogP contribution in [0.3, 0.4) is 0 Å². The third-order valence-corrected chi connectivity index (χ3v) is 4.65. The van der Waals surface area contributed by atoms with Crippen LogP contribution in [-0.2, 0) is 17.2 Å². The van der Waals surface area contributed by atoms with Crippen molar-refractivity contribution in [2.24, 2.45) is 0 Å². The Kier molecular flexibility index (Phi) is 8.00. The zero-order valence-electron chi connectivity index (χ0n) is 12.5. The van der Waals surface area contributed by atoms with Gasteiger partial charge in [-0.2, -0.15) is 0 Å². The number of urea groups is 1.